The number of rotatable bonds is 7. The van der Waals surface area contributed by atoms with Crippen LogP contribution >= 0.6 is 0 Å². The number of carbonyl (C=O) groups is 2. The van der Waals surface area contributed by atoms with E-state index in [0.717, 1.165) is 12.8 Å². The zero-order chi connectivity index (χ0) is 15.9. The van der Waals surface area contributed by atoms with E-state index < -0.39 is 24.1 Å². The average Bonchev–Trinajstić information content (AvgIpc) is 3.34. The van der Waals surface area contributed by atoms with Gasteiger partial charge >= 0.3 is 11.9 Å². The maximum Gasteiger partial charge on any atom is 0.318 e. The standard InChI is InChI=1S/C15H17N3O4/c1-21-15(20)13(17-18-16)14(11-5-3-2-4-6-11)22-12(19)9-10-7-8-10/h2-6,10,13-14H,7-9H2,1H3/t13-,14-/m0/s1. The number of carbonyl (C=O) groups excluding carboxylic acids is 2. The number of hydrogen-bond donors (Lipinski definition) is 0. The molecule has 2 atom stereocenters. The first-order valence-electron chi connectivity index (χ1n) is 7.02. The second kappa shape index (κ2) is 7.47. The van der Waals surface area contributed by atoms with E-state index in [1.807, 2.05) is 0 Å². The van der Waals surface area contributed by atoms with Crippen molar-refractivity contribution in [3.05, 3.63) is 46.3 Å². The Hall–Kier alpha value is -2.53. The van der Waals surface area contributed by atoms with Crippen LogP contribution in [-0.4, -0.2) is 25.1 Å². The highest BCUT2D eigenvalue weighted by molar-refractivity contribution is 5.78. The molecule has 0 aliphatic heterocycles. The molecule has 0 amide bonds. The van der Waals surface area contributed by atoms with E-state index >= 15 is 0 Å². The third-order valence-electron chi connectivity index (χ3n) is 3.44. The quantitative estimate of drug-likeness (QED) is 0.334. The van der Waals surface area contributed by atoms with Crippen LogP contribution in [0.15, 0.2) is 35.4 Å². The first-order valence-corrected chi connectivity index (χ1v) is 7.02. The Morgan fingerprint density at radius 2 is 2.05 bits per heavy atom. The number of ether oxygens (including phenoxy) is 2. The van der Waals surface area contributed by atoms with Crippen LogP contribution in [0.2, 0.25) is 0 Å². The van der Waals surface area contributed by atoms with Crippen LogP contribution in [0.5, 0.6) is 0 Å². The minimum atomic E-state index is -1.25. The van der Waals surface area contributed by atoms with Gasteiger partial charge in [0, 0.05) is 11.3 Å². The Bertz CT molecular complexity index is 580. The molecule has 0 heterocycles. The van der Waals surface area contributed by atoms with Gasteiger partial charge in [-0.2, -0.15) is 0 Å². The zero-order valence-corrected chi connectivity index (χ0v) is 12.2. The molecule has 0 N–H and O–H groups in total. The lowest BCUT2D eigenvalue weighted by atomic mass is 10.0. The van der Waals surface area contributed by atoms with Gasteiger partial charge in [-0.1, -0.05) is 35.4 Å². The van der Waals surface area contributed by atoms with Gasteiger partial charge in [-0.05, 0) is 29.9 Å². The summed E-state index contributed by atoms with van der Waals surface area (Å²) in [6.07, 6.45) is 1.35. The van der Waals surface area contributed by atoms with Crippen LogP contribution < -0.4 is 0 Å². The fourth-order valence-corrected chi connectivity index (χ4v) is 2.11. The Kier molecular flexibility index (Phi) is 5.38. The van der Waals surface area contributed by atoms with Crippen molar-refractivity contribution in [3.63, 3.8) is 0 Å². The fourth-order valence-electron chi connectivity index (χ4n) is 2.11. The van der Waals surface area contributed by atoms with Crippen molar-refractivity contribution in [2.24, 2.45) is 11.0 Å². The van der Waals surface area contributed by atoms with Gasteiger partial charge in [0.1, 0.15) is 6.10 Å². The fraction of sp³-hybridized carbons (Fsp3) is 0.467. The van der Waals surface area contributed by atoms with Gasteiger partial charge in [-0.25, -0.2) is 0 Å². The van der Waals surface area contributed by atoms with Crippen molar-refractivity contribution in [2.75, 3.05) is 7.11 Å². The summed E-state index contributed by atoms with van der Waals surface area (Å²) in [6.45, 7) is 0. The SMILES string of the molecule is COC(=O)[C@@H](N=[N+]=[N-])[C@@H](OC(=O)CC1CC1)c1ccccc1. The largest absolute Gasteiger partial charge is 0.469 e. The van der Waals surface area contributed by atoms with Crippen molar-refractivity contribution >= 4 is 11.9 Å². The predicted octanol–water partition coefficient (Wildman–Crippen LogP) is 2.92. The molecule has 1 aliphatic rings. The summed E-state index contributed by atoms with van der Waals surface area (Å²) in [5, 5.41) is 3.45. The molecule has 0 spiro atoms. The topological polar surface area (TPSA) is 101 Å². The van der Waals surface area contributed by atoms with Crippen LogP contribution in [0.25, 0.3) is 10.4 Å². The van der Waals surface area contributed by atoms with Crippen molar-refractivity contribution in [2.45, 2.75) is 31.4 Å². The molecule has 1 aliphatic carbocycles. The van der Waals surface area contributed by atoms with Crippen LogP contribution in [0.1, 0.15) is 30.9 Å². The monoisotopic (exact) mass is 303 g/mol. The highest BCUT2D eigenvalue weighted by atomic mass is 16.6. The first-order chi connectivity index (χ1) is 10.7. The Labute approximate surface area is 127 Å². The van der Waals surface area contributed by atoms with E-state index in [4.69, 9.17) is 10.3 Å². The summed E-state index contributed by atoms with van der Waals surface area (Å²) < 4.78 is 10.1. The number of esters is 2. The van der Waals surface area contributed by atoms with E-state index in [1.165, 1.54) is 7.11 Å². The summed E-state index contributed by atoms with van der Waals surface area (Å²) in [7, 11) is 1.19. The van der Waals surface area contributed by atoms with Crippen molar-refractivity contribution < 1.29 is 19.1 Å². The molecule has 2 rings (SSSR count). The molecular weight excluding hydrogens is 286 g/mol. The molecule has 0 bridgehead atoms. The van der Waals surface area contributed by atoms with Crippen LogP contribution in [0.3, 0.4) is 0 Å². The smallest absolute Gasteiger partial charge is 0.318 e. The first kappa shape index (κ1) is 15.9. The molecule has 1 aromatic carbocycles. The third-order valence-corrected chi connectivity index (χ3v) is 3.44. The summed E-state index contributed by atoms with van der Waals surface area (Å²) in [5.74, 6) is -0.788. The zero-order valence-electron chi connectivity index (χ0n) is 12.2. The van der Waals surface area contributed by atoms with E-state index in [9.17, 15) is 9.59 Å². The van der Waals surface area contributed by atoms with Gasteiger partial charge in [0.25, 0.3) is 0 Å². The van der Waals surface area contributed by atoms with Gasteiger partial charge in [0.2, 0.25) is 0 Å². The Morgan fingerprint density at radius 1 is 1.36 bits per heavy atom. The van der Waals surface area contributed by atoms with Gasteiger partial charge < -0.3 is 9.47 Å². The highest BCUT2D eigenvalue weighted by Crippen LogP contribution is 2.34. The summed E-state index contributed by atoms with van der Waals surface area (Å²) in [4.78, 5) is 26.5. The molecule has 22 heavy (non-hydrogen) atoms. The van der Waals surface area contributed by atoms with Crippen molar-refractivity contribution in [1.82, 2.24) is 0 Å². The lowest BCUT2D eigenvalue weighted by molar-refractivity contribution is -0.156. The van der Waals surface area contributed by atoms with Crippen LogP contribution in [-0.2, 0) is 19.1 Å². The minimum Gasteiger partial charge on any atom is -0.469 e. The van der Waals surface area contributed by atoms with Crippen LogP contribution in [0, 0.1) is 5.92 Å². The molecule has 1 fully saturated rings. The number of methoxy groups -OCH3 is 1. The maximum atomic E-state index is 12.0. The van der Waals surface area contributed by atoms with E-state index in [0.29, 0.717) is 17.9 Å². The highest BCUT2D eigenvalue weighted by Gasteiger charge is 2.34. The van der Waals surface area contributed by atoms with E-state index in [1.54, 1.807) is 30.3 Å². The van der Waals surface area contributed by atoms with Crippen LogP contribution in [0.4, 0.5) is 0 Å². The third kappa shape index (κ3) is 4.23. The number of hydrogen-bond acceptors (Lipinski definition) is 5. The lowest BCUT2D eigenvalue weighted by Gasteiger charge is -2.22. The molecule has 0 saturated heterocycles. The normalized spacial score (nSPS) is 16.0. The number of azide groups is 1. The van der Waals surface area contributed by atoms with Gasteiger partial charge in [-0.3, -0.25) is 9.59 Å². The molecular formula is C15H17N3O4. The van der Waals surface area contributed by atoms with Crippen molar-refractivity contribution in [1.29, 1.82) is 0 Å². The van der Waals surface area contributed by atoms with Gasteiger partial charge in [0.05, 0.1) is 7.11 Å². The van der Waals surface area contributed by atoms with Gasteiger partial charge in [-0.15, -0.1) is 0 Å². The van der Waals surface area contributed by atoms with E-state index in [2.05, 4.69) is 14.8 Å². The molecule has 1 aromatic rings. The summed E-state index contributed by atoms with van der Waals surface area (Å²) in [6, 6.07) is 7.46. The molecule has 7 heteroatoms. The second-order valence-electron chi connectivity index (χ2n) is 5.14. The maximum absolute atomic E-state index is 12.0. The Balaban J connectivity index is 2.24. The average molecular weight is 303 g/mol. The lowest BCUT2D eigenvalue weighted by Crippen LogP contribution is -2.30. The molecule has 7 nitrogen and oxygen atoms in total. The molecule has 1 saturated carbocycles. The molecule has 116 valence electrons. The molecule has 0 radical (unpaired) electrons. The molecule has 0 aromatic heterocycles. The number of nitrogens with zero attached hydrogens (tertiary/aromatic N) is 3. The minimum absolute atomic E-state index is 0.313. The van der Waals surface area contributed by atoms with E-state index in [-0.39, 0.29) is 0 Å². The number of benzene rings is 1. The predicted molar refractivity (Wildman–Crippen MR) is 77.6 cm³/mol. The Morgan fingerprint density at radius 3 is 2.59 bits per heavy atom. The second-order valence-corrected chi connectivity index (χ2v) is 5.14. The van der Waals surface area contributed by atoms with Crippen molar-refractivity contribution in [3.8, 4) is 0 Å². The van der Waals surface area contributed by atoms with Gasteiger partial charge in [0.15, 0.2) is 6.04 Å². The molecule has 0 unspecified atom stereocenters. The summed E-state index contributed by atoms with van der Waals surface area (Å²) >= 11 is 0. The summed E-state index contributed by atoms with van der Waals surface area (Å²) in [5.41, 5.74) is 9.25.